The summed E-state index contributed by atoms with van der Waals surface area (Å²) in [6, 6.07) is 14.8. The minimum Gasteiger partial charge on any atom is -0.357 e. The Morgan fingerprint density at radius 2 is 1.97 bits per heavy atom. The molecule has 2 aromatic carbocycles. The number of halogens is 2. The van der Waals surface area contributed by atoms with Crippen LogP contribution in [-0.2, 0) is 10.5 Å². The zero-order valence-electron chi connectivity index (χ0n) is 17.0. The van der Waals surface area contributed by atoms with E-state index < -0.39 is 0 Å². The van der Waals surface area contributed by atoms with Crippen LogP contribution in [0.4, 0.5) is 10.1 Å². The third kappa shape index (κ3) is 7.16. The molecule has 162 valence electrons. The molecule has 0 saturated heterocycles. The molecule has 3 rings (SSSR count). The molecule has 0 fully saturated rings. The number of carbonyl (C=O) groups excluding carboxylic acids is 1. The molecule has 1 unspecified atom stereocenters. The van der Waals surface area contributed by atoms with Gasteiger partial charge in [0, 0.05) is 42.6 Å². The highest BCUT2D eigenvalue weighted by Gasteiger charge is 2.24. The quantitative estimate of drug-likeness (QED) is 0.201. The van der Waals surface area contributed by atoms with Crippen LogP contribution in [0.25, 0.3) is 0 Å². The van der Waals surface area contributed by atoms with Crippen LogP contribution in [0.1, 0.15) is 30.4 Å². The summed E-state index contributed by atoms with van der Waals surface area (Å²) in [4.78, 5) is 16.7. The molecular formula is C22H28FIN4OS. The molecule has 1 aliphatic rings. The SMILES string of the molecule is CCNC(=NCC1CC(=O)Nc2ccccc21)NCCSCc1ccccc1F.I. The lowest BCUT2D eigenvalue weighted by atomic mass is 9.91. The predicted molar refractivity (Wildman–Crippen MR) is 134 cm³/mol. The number of hydrogen-bond acceptors (Lipinski definition) is 3. The number of carbonyl (C=O) groups is 1. The van der Waals surface area contributed by atoms with Gasteiger partial charge < -0.3 is 16.0 Å². The fourth-order valence-electron chi connectivity index (χ4n) is 3.25. The molecule has 1 atom stereocenters. The lowest BCUT2D eigenvalue weighted by Gasteiger charge is -2.24. The summed E-state index contributed by atoms with van der Waals surface area (Å²) in [5, 5.41) is 9.48. The summed E-state index contributed by atoms with van der Waals surface area (Å²) in [6.07, 6.45) is 0.443. The number of hydrogen-bond donors (Lipinski definition) is 3. The van der Waals surface area contributed by atoms with Gasteiger partial charge >= 0.3 is 0 Å². The number of guanidine groups is 1. The fourth-order valence-corrected chi connectivity index (χ4v) is 4.09. The van der Waals surface area contributed by atoms with Gasteiger partial charge in [0.2, 0.25) is 5.91 Å². The molecule has 3 N–H and O–H groups in total. The van der Waals surface area contributed by atoms with Crippen LogP contribution in [0.5, 0.6) is 0 Å². The molecule has 0 aliphatic carbocycles. The van der Waals surface area contributed by atoms with Crippen LogP contribution < -0.4 is 16.0 Å². The third-order valence-electron chi connectivity index (χ3n) is 4.67. The van der Waals surface area contributed by atoms with Crippen molar-refractivity contribution in [3.63, 3.8) is 0 Å². The molecule has 5 nitrogen and oxygen atoms in total. The Bertz CT molecular complexity index is 865. The second-order valence-electron chi connectivity index (χ2n) is 6.83. The number of aliphatic imine (C=N–C) groups is 1. The molecule has 0 spiro atoms. The van der Waals surface area contributed by atoms with E-state index in [9.17, 15) is 9.18 Å². The number of nitrogens with one attached hydrogen (secondary N) is 3. The maximum Gasteiger partial charge on any atom is 0.225 e. The third-order valence-corrected chi connectivity index (χ3v) is 5.68. The van der Waals surface area contributed by atoms with Gasteiger partial charge in [-0.25, -0.2) is 4.39 Å². The van der Waals surface area contributed by atoms with E-state index in [0.717, 1.165) is 41.6 Å². The average molecular weight is 542 g/mol. The van der Waals surface area contributed by atoms with Gasteiger partial charge in [-0.15, -0.1) is 24.0 Å². The zero-order valence-corrected chi connectivity index (χ0v) is 20.1. The first-order chi connectivity index (χ1) is 14.2. The number of rotatable bonds is 8. The lowest BCUT2D eigenvalue weighted by molar-refractivity contribution is -0.116. The zero-order chi connectivity index (χ0) is 20.5. The highest BCUT2D eigenvalue weighted by atomic mass is 127. The van der Waals surface area contributed by atoms with Crippen LogP contribution >= 0.6 is 35.7 Å². The van der Waals surface area contributed by atoms with Crippen LogP contribution in [0.15, 0.2) is 53.5 Å². The van der Waals surface area contributed by atoms with Crippen molar-refractivity contribution < 1.29 is 9.18 Å². The summed E-state index contributed by atoms with van der Waals surface area (Å²) in [5.41, 5.74) is 2.74. The van der Waals surface area contributed by atoms with Crippen molar-refractivity contribution in [1.29, 1.82) is 0 Å². The Morgan fingerprint density at radius 3 is 2.77 bits per heavy atom. The van der Waals surface area contributed by atoms with E-state index in [1.54, 1.807) is 17.8 Å². The van der Waals surface area contributed by atoms with Gasteiger partial charge in [-0.3, -0.25) is 9.79 Å². The molecule has 1 heterocycles. The topological polar surface area (TPSA) is 65.5 Å². The number of benzene rings is 2. The largest absolute Gasteiger partial charge is 0.357 e. The van der Waals surface area contributed by atoms with E-state index in [1.807, 2.05) is 37.3 Å². The average Bonchev–Trinajstić information content (AvgIpc) is 2.72. The van der Waals surface area contributed by atoms with E-state index in [1.165, 1.54) is 6.07 Å². The highest BCUT2D eigenvalue weighted by molar-refractivity contribution is 14.0. The fraction of sp³-hybridized carbons (Fsp3) is 0.364. The molecule has 0 bridgehead atoms. The molecule has 2 aromatic rings. The van der Waals surface area contributed by atoms with Crippen LogP contribution in [0.2, 0.25) is 0 Å². The summed E-state index contributed by atoms with van der Waals surface area (Å²) < 4.78 is 13.7. The molecular weight excluding hydrogens is 514 g/mol. The maximum atomic E-state index is 13.7. The van der Waals surface area contributed by atoms with Gasteiger partial charge in [0.1, 0.15) is 5.82 Å². The van der Waals surface area contributed by atoms with Crippen LogP contribution in [0, 0.1) is 5.82 Å². The van der Waals surface area contributed by atoms with Crippen LogP contribution in [0.3, 0.4) is 0 Å². The second-order valence-corrected chi connectivity index (χ2v) is 7.93. The molecule has 1 amide bonds. The maximum absolute atomic E-state index is 13.7. The molecule has 0 radical (unpaired) electrons. The summed E-state index contributed by atoms with van der Waals surface area (Å²) >= 11 is 1.68. The minimum absolute atomic E-state index is 0. The van der Waals surface area contributed by atoms with E-state index >= 15 is 0 Å². The van der Waals surface area contributed by atoms with E-state index in [-0.39, 0.29) is 41.6 Å². The van der Waals surface area contributed by atoms with Crippen molar-refractivity contribution in [2.24, 2.45) is 4.99 Å². The highest BCUT2D eigenvalue weighted by Crippen LogP contribution is 2.31. The molecule has 30 heavy (non-hydrogen) atoms. The first-order valence-corrected chi connectivity index (χ1v) is 11.0. The van der Waals surface area contributed by atoms with Gasteiger partial charge in [-0.2, -0.15) is 11.8 Å². The Labute approximate surface area is 198 Å². The molecule has 8 heteroatoms. The van der Waals surface area contributed by atoms with Crippen molar-refractivity contribution in [3.8, 4) is 0 Å². The van der Waals surface area contributed by atoms with Crippen molar-refractivity contribution in [3.05, 3.63) is 65.5 Å². The smallest absolute Gasteiger partial charge is 0.225 e. The second kappa shape index (κ2) is 12.8. The van der Waals surface area contributed by atoms with Crippen LogP contribution in [-0.4, -0.2) is 37.3 Å². The number of nitrogens with zero attached hydrogens (tertiary/aromatic N) is 1. The Morgan fingerprint density at radius 1 is 1.20 bits per heavy atom. The van der Waals surface area contributed by atoms with Gasteiger partial charge in [-0.05, 0) is 30.2 Å². The number of thioether (sulfide) groups is 1. The van der Waals surface area contributed by atoms with Crippen molar-refractivity contribution in [1.82, 2.24) is 10.6 Å². The standard InChI is InChI=1S/C22H27FN4OS.HI/c1-2-24-22(25-11-12-29-15-16-7-3-5-9-19(16)23)26-14-17-13-21(28)27-20-10-6-4-8-18(17)20;/h3-10,17H,2,11-15H2,1H3,(H,27,28)(H2,24,25,26);1H. The Kier molecular flexibility index (Phi) is 10.4. The Balaban J connectivity index is 0.00000320. The predicted octanol–water partition coefficient (Wildman–Crippen LogP) is 4.36. The van der Waals surface area contributed by atoms with Gasteiger partial charge in [0.25, 0.3) is 0 Å². The van der Waals surface area contributed by atoms with Crippen molar-refractivity contribution in [2.75, 3.05) is 30.7 Å². The first kappa shape index (κ1) is 24.5. The number of fused-ring (bicyclic) bond motifs is 1. The van der Waals surface area contributed by atoms with E-state index in [4.69, 9.17) is 0 Å². The number of para-hydroxylation sites is 1. The molecule has 0 saturated carbocycles. The van der Waals surface area contributed by atoms with E-state index in [0.29, 0.717) is 18.7 Å². The molecule has 0 aromatic heterocycles. The summed E-state index contributed by atoms with van der Waals surface area (Å²) in [7, 11) is 0. The summed E-state index contributed by atoms with van der Waals surface area (Å²) in [6.45, 7) is 4.05. The normalized spacial score (nSPS) is 15.6. The Hall–Kier alpha value is -1.81. The first-order valence-electron chi connectivity index (χ1n) is 9.89. The van der Waals surface area contributed by atoms with Crippen molar-refractivity contribution >= 4 is 53.3 Å². The van der Waals surface area contributed by atoms with E-state index in [2.05, 4.69) is 27.0 Å². The number of amides is 1. The minimum atomic E-state index is -0.153. The van der Waals surface area contributed by atoms with Gasteiger partial charge in [-0.1, -0.05) is 36.4 Å². The molecule has 1 aliphatic heterocycles. The van der Waals surface area contributed by atoms with Crippen molar-refractivity contribution in [2.45, 2.75) is 25.0 Å². The van der Waals surface area contributed by atoms with Gasteiger partial charge in [0.15, 0.2) is 5.96 Å². The number of anilines is 1. The monoisotopic (exact) mass is 542 g/mol. The summed E-state index contributed by atoms with van der Waals surface area (Å²) in [5.74, 6) is 2.18. The van der Waals surface area contributed by atoms with Gasteiger partial charge in [0.05, 0.1) is 6.54 Å². The lowest BCUT2D eigenvalue weighted by Crippen LogP contribution is -2.39.